The molecule has 10 rings (SSSR count). The fourth-order valence-electron chi connectivity index (χ4n) is 10.2. The lowest BCUT2D eigenvalue weighted by Gasteiger charge is -2.44. The van der Waals surface area contributed by atoms with Gasteiger partial charge in [0.2, 0.25) is 11.9 Å². The highest BCUT2D eigenvalue weighted by Gasteiger charge is 2.36. The Balaban J connectivity index is 0.656. The van der Waals surface area contributed by atoms with Crippen molar-refractivity contribution in [2.45, 2.75) is 50.5 Å². The van der Waals surface area contributed by atoms with Crippen molar-refractivity contribution in [3.8, 4) is 0 Å². The van der Waals surface area contributed by atoms with E-state index in [0.29, 0.717) is 75.4 Å². The maximum atomic E-state index is 15.3. The van der Waals surface area contributed by atoms with Gasteiger partial charge in [-0.25, -0.2) is 29.6 Å². The van der Waals surface area contributed by atoms with Gasteiger partial charge in [0.15, 0.2) is 23.3 Å². The van der Waals surface area contributed by atoms with Crippen LogP contribution in [0.1, 0.15) is 43.5 Å². The summed E-state index contributed by atoms with van der Waals surface area (Å²) in [6.45, 7) is 11.3. The molecule has 0 aliphatic carbocycles. The first kappa shape index (κ1) is 46.0. The quantitative estimate of drug-likeness (QED) is 0.0842. The van der Waals surface area contributed by atoms with Crippen LogP contribution in [0.5, 0.6) is 0 Å². The average Bonchev–Trinajstić information content (AvgIpc) is 3.40. The van der Waals surface area contributed by atoms with Crippen LogP contribution >= 0.6 is 0 Å². The highest BCUT2D eigenvalue weighted by Crippen LogP contribution is 2.29. The van der Waals surface area contributed by atoms with Crippen molar-refractivity contribution in [1.29, 1.82) is 0 Å². The number of hydrogen-bond acceptors (Lipinski definition) is 20. The number of pyridine rings is 2. The molecule has 0 amide bonds. The standard InChI is InChI=1S/C46H62F2N18O2/c47-38-28-55-45(59-43(38)65-16-19-67-20-17-65)62-58-26-35-22-36(4-11-49-35)63-12-5-32(6-13-63)42-53-23-33(24-54-42)40-30-66(18-21-68-40)44-39(48)29-56-46(60-44)61-57-25-34-2-3-37(27-52-34)64-14-7-31(8-15-64)41-50-9-1-10-51-41/h2-4,11,22,25-29,31-33,40-42,50-51,53-54H,1,5-10,12-21,23-24,30H2,(H,55,59,62)(H,56,60,61)/b57-25+,58-26+. The molecule has 1 unspecified atom stereocenters. The van der Waals surface area contributed by atoms with E-state index in [1.807, 2.05) is 34.2 Å². The number of halogens is 2. The summed E-state index contributed by atoms with van der Waals surface area (Å²) in [6.07, 6.45) is 15.3. The molecule has 0 aromatic carbocycles. The predicted molar refractivity (Wildman–Crippen MR) is 257 cm³/mol. The SMILES string of the molecule is Fc1cnc(N/N=C/c2cc(N3CCC(C4NCC(C5CN(c6nc(N/N=C/c7ccc(N8CCC(C9NCCCN9)CC8)cn7)ncc6F)CCO5)CN4)CC3)ccn2)nc1N1CCOCC1. The van der Waals surface area contributed by atoms with E-state index < -0.39 is 11.6 Å². The number of morpholine rings is 2. The molecule has 6 N–H and O–H groups in total. The van der Waals surface area contributed by atoms with Crippen molar-refractivity contribution in [2.75, 3.05) is 129 Å². The number of anilines is 6. The summed E-state index contributed by atoms with van der Waals surface area (Å²) in [7, 11) is 0. The van der Waals surface area contributed by atoms with Gasteiger partial charge in [0, 0.05) is 83.2 Å². The highest BCUT2D eigenvalue weighted by atomic mass is 19.1. The minimum Gasteiger partial charge on any atom is -0.378 e. The Labute approximate surface area is 395 Å². The molecule has 20 nitrogen and oxygen atoms in total. The fourth-order valence-corrected chi connectivity index (χ4v) is 10.2. The van der Waals surface area contributed by atoms with Crippen molar-refractivity contribution in [1.82, 2.24) is 51.2 Å². The van der Waals surface area contributed by atoms with Crippen LogP contribution in [-0.2, 0) is 9.47 Å². The molecule has 4 aromatic heterocycles. The molecule has 362 valence electrons. The van der Waals surface area contributed by atoms with Crippen LogP contribution in [0.4, 0.5) is 43.7 Å². The number of ether oxygens (including phenoxy) is 2. The van der Waals surface area contributed by atoms with Crippen LogP contribution in [0.15, 0.2) is 59.3 Å². The van der Waals surface area contributed by atoms with E-state index in [1.54, 1.807) is 18.6 Å². The topological polar surface area (TPSA) is 206 Å². The van der Waals surface area contributed by atoms with Crippen molar-refractivity contribution < 1.29 is 18.3 Å². The summed E-state index contributed by atoms with van der Waals surface area (Å²) in [6, 6.07) is 8.08. The fraction of sp³-hybridized carbons (Fsp3) is 0.565. The third-order valence-electron chi connectivity index (χ3n) is 14.0. The number of piperidine rings is 2. The van der Waals surface area contributed by atoms with Crippen LogP contribution in [0, 0.1) is 29.4 Å². The zero-order chi connectivity index (χ0) is 46.1. The average molecular weight is 937 g/mol. The monoisotopic (exact) mass is 937 g/mol. The summed E-state index contributed by atoms with van der Waals surface area (Å²) in [5, 5.41) is 23.4. The molecular formula is C46H62F2N18O2. The van der Waals surface area contributed by atoms with Gasteiger partial charge in [-0.1, -0.05) is 0 Å². The molecule has 4 aromatic rings. The van der Waals surface area contributed by atoms with Crippen molar-refractivity contribution in [3.05, 3.63) is 72.1 Å². The molecule has 1 atom stereocenters. The first-order chi connectivity index (χ1) is 33.5. The van der Waals surface area contributed by atoms with E-state index in [0.717, 1.165) is 95.6 Å². The van der Waals surface area contributed by atoms with E-state index in [2.05, 4.69) is 88.1 Å². The zero-order valence-electron chi connectivity index (χ0n) is 38.3. The highest BCUT2D eigenvalue weighted by molar-refractivity contribution is 5.79. The smallest absolute Gasteiger partial charge is 0.245 e. The Kier molecular flexibility index (Phi) is 14.9. The molecule has 6 aliphatic rings. The molecule has 0 bridgehead atoms. The largest absolute Gasteiger partial charge is 0.378 e. The molecule has 0 spiro atoms. The number of hydrazone groups is 2. The van der Waals surface area contributed by atoms with Crippen LogP contribution < -0.4 is 51.7 Å². The maximum absolute atomic E-state index is 15.3. The predicted octanol–water partition coefficient (Wildman–Crippen LogP) is 2.45. The molecule has 6 saturated heterocycles. The van der Waals surface area contributed by atoms with Gasteiger partial charge in [-0.05, 0) is 81.3 Å². The molecular weight excluding hydrogens is 875 g/mol. The van der Waals surface area contributed by atoms with Crippen LogP contribution in [0.3, 0.4) is 0 Å². The molecule has 0 saturated carbocycles. The number of nitrogens with zero attached hydrogens (tertiary/aromatic N) is 12. The lowest BCUT2D eigenvalue weighted by Crippen LogP contribution is -2.61. The minimum absolute atomic E-state index is 0.0999. The summed E-state index contributed by atoms with van der Waals surface area (Å²) in [4.78, 5) is 34.7. The second-order valence-electron chi connectivity index (χ2n) is 18.2. The summed E-state index contributed by atoms with van der Waals surface area (Å²) < 4.78 is 41.4. The van der Waals surface area contributed by atoms with E-state index >= 15 is 4.39 Å². The van der Waals surface area contributed by atoms with E-state index in [1.165, 1.54) is 12.6 Å². The van der Waals surface area contributed by atoms with Crippen LogP contribution in [-0.4, -0.2) is 159 Å². The molecule has 0 radical (unpaired) electrons. The van der Waals surface area contributed by atoms with Gasteiger partial charge in [0.25, 0.3) is 0 Å². The summed E-state index contributed by atoms with van der Waals surface area (Å²) in [5.74, 6) is 1.24. The maximum Gasteiger partial charge on any atom is 0.245 e. The van der Waals surface area contributed by atoms with E-state index in [-0.39, 0.29) is 41.7 Å². The normalized spacial score (nSPS) is 24.0. The number of nitrogens with one attached hydrogen (secondary N) is 6. The lowest BCUT2D eigenvalue weighted by atomic mass is 9.90. The van der Waals surface area contributed by atoms with Crippen molar-refractivity contribution >= 4 is 47.3 Å². The molecule has 68 heavy (non-hydrogen) atoms. The minimum atomic E-state index is -0.484. The van der Waals surface area contributed by atoms with Crippen molar-refractivity contribution in [3.63, 3.8) is 0 Å². The first-order valence-corrected chi connectivity index (χ1v) is 24.2. The van der Waals surface area contributed by atoms with E-state index in [9.17, 15) is 4.39 Å². The molecule has 10 heterocycles. The van der Waals surface area contributed by atoms with Gasteiger partial charge in [0.1, 0.15) is 0 Å². The molecule has 22 heteroatoms. The van der Waals surface area contributed by atoms with Gasteiger partial charge in [-0.2, -0.15) is 20.2 Å². The van der Waals surface area contributed by atoms with Gasteiger partial charge in [-0.15, -0.1) is 0 Å². The van der Waals surface area contributed by atoms with Gasteiger partial charge < -0.3 is 50.3 Å². The summed E-state index contributed by atoms with van der Waals surface area (Å²) in [5.41, 5.74) is 9.26. The molecule has 6 aliphatic heterocycles. The Morgan fingerprint density at radius 2 is 1.21 bits per heavy atom. The Bertz CT molecular complexity index is 2310. The first-order valence-electron chi connectivity index (χ1n) is 24.2. The number of hydrogen-bond donors (Lipinski definition) is 6. The number of rotatable bonds is 13. The second kappa shape index (κ2) is 22.1. The van der Waals surface area contributed by atoms with Gasteiger partial charge in [-0.3, -0.25) is 9.97 Å². The third kappa shape index (κ3) is 11.4. The van der Waals surface area contributed by atoms with E-state index in [4.69, 9.17) is 9.47 Å². The lowest BCUT2D eigenvalue weighted by molar-refractivity contribution is -0.00927. The van der Waals surface area contributed by atoms with Crippen LogP contribution in [0.25, 0.3) is 0 Å². The Morgan fingerprint density at radius 3 is 1.85 bits per heavy atom. The Morgan fingerprint density at radius 1 is 0.603 bits per heavy atom. The number of aromatic nitrogens is 6. The van der Waals surface area contributed by atoms with Gasteiger partial charge >= 0.3 is 0 Å². The zero-order valence-corrected chi connectivity index (χ0v) is 38.3. The second-order valence-corrected chi connectivity index (χ2v) is 18.2. The van der Waals surface area contributed by atoms with Gasteiger partial charge in [0.05, 0.1) is 86.4 Å². The van der Waals surface area contributed by atoms with Crippen molar-refractivity contribution in [2.24, 2.45) is 28.0 Å². The summed E-state index contributed by atoms with van der Waals surface area (Å²) >= 11 is 0. The third-order valence-corrected chi connectivity index (χ3v) is 14.0. The Hall–Kier alpha value is -5.78. The van der Waals surface area contributed by atoms with Crippen LogP contribution in [0.2, 0.25) is 0 Å². The molecule has 6 fully saturated rings.